The van der Waals surface area contributed by atoms with Gasteiger partial charge in [0, 0.05) is 12.8 Å². The number of nitrogens with two attached hydrogens (primary N) is 2. The van der Waals surface area contributed by atoms with E-state index in [4.69, 9.17) is 16.2 Å². The van der Waals surface area contributed by atoms with Crippen molar-refractivity contribution in [1.82, 2.24) is 24.8 Å². The number of nitrogens with zero attached hydrogens (tertiary/aromatic N) is 4. The summed E-state index contributed by atoms with van der Waals surface area (Å²) < 4.78 is 7.45. The van der Waals surface area contributed by atoms with Gasteiger partial charge in [0.1, 0.15) is 24.5 Å². The molecule has 28 heavy (non-hydrogen) atoms. The van der Waals surface area contributed by atoms with Crippen molar-refractivity contribution < 1.29 is 19.7 Å². The van der Waals surface area contributed by atoms with Gasteiger partial charge in [-0.15, -0.1) is 0 Å². The number of aromatic nitrogens is 4. The van der Waals surface area contributed by atoms with E-state index in [1.165, 1.54) is 6.33 Å². The van der Waals surface area contributed by atoms with E-state index in [9.17, 15) is 15.0 Å². The van der Waals surface area contributed by atoms with Crippen LogP contribution in [0, 0.1) is 0 Å². The second-order valence-electron chi connectivity index (χ2n) is 6.82. The van der Waals surface area contributed by atoms with Crippen LogP contribution in [0.1, 0.15) is 44.2 Å². The highest BCUT2D eigenvalue weighted by atomic mass is 16.5. The van der Waals surface area contributed by atoms with Crippen molar-refractivity contribution in [3.8, 4) is 0 Å². The normalized spacial score (nSPS) is 22.0. The van der Waals surface area contributed by atoms with Gasteiger partial charge in [-0.05, 0) is 19.4 Å². The Labute approximate surface area is 162 Å². The van der Waals surface area contributed by atoms with E-state index >= 15 is 0 Å². The fraction of sp³-hybridized carbons (Fsp3) is 0.647. The standard InChI is InChI=1S/C17H27N7O4/c18-5-3-1-2-4-13(27)20-7-12-23-15-16(19)21-9-22-17(15)24(12)14-6-10(26)11(8-25)28-14/h9-11,14,25-26H,1-8,18H2,(H,20,27)(H2,19,21,22)/t10-,11+,14+/m0/s1. The van der Waals surface area contributed by atoms with E-state index in [0.29, 0.717) is 30.0 Å². The first kappa shape index (κ1) is 20.4. The highest BCUT2D eigenvalue weighted by Gasteiger charge is 2.36. The van der Waals surface area contributed by atoms with Crippen LogP contribution in [0.15, 0.2) is 6.33 Å². The predicted molar refractivity (Wildman–Crippen MR) is 101 cm³/mol. The molecule has 1 saturated heterocycles. The average Bonchev–Trinajstić information content (AvgIpc) is 3.24. The zero-order valence-electron chi connectivity index (χ0n) is 15.6. The van der Waals surface area contributed by atoms with E-state index in [1.807, 2.05) is 0 Å². The molecule has 11 heteroatoms. The number of carbonyl (C=O) groups excluding carboxylic acids is 1. The van der Waals surface area contributed by atoms with E-state index in [2.05, 4.69) is 20.3 Å². The quantitative estimate of drug-likeness (QED) is 0.341. The van der Waals surface area contributed by atoms with Gasteiger partial charge in [-0.1, -0.05) is 6.42 Å². The fourth-order valence-corrected chi connectivity index (χ4v) is 3.31. The van der Waals surface area contributed by atoms with Crippen LogP contribution in [-0.4, -0.2) is 61.0 Å². The molecule has 3 rings (SSSR count). The monoisotopic (exact) mass is 393 g/mol. The molecule has 2 aromatic heterocycles. The van der Waals surface area contributed by atoms with E-state index in [1.54, 1.807) is 4.57 Å². The van der Waals surface area contributed by atoms with Gasteiger partial charge < -0.3 is 31.7 Å². The van der Waals surface area contributed by atoms with Crippen LogP contribution in [0.25, 0.3) is 11.2 Å². The number of nitrogens with one attached hydrogen (secondary N) is 1. The van der Waals surface area contributed by atoms with Crippen molar-refractivity contribution in [1.29, 1.82) is 0 Å². The number of nitrogen functional groups attached to an aromatic ring is 1. The van der Waals surface area contributed by atoms with Gasteiger partial charge in [-0.25, -0.2) is 15.0 Å². The zero-order chi connectivity index (χ0) is 20.1. The summed E-state index contributed by atoms with van der Waals surface area (Å²) in [5.74, 6) is 0.624. The number of unbranched alkanes of at least 4 members (excludes halogenated alkanes) is 2. The van der Waals surface area contributed by atoms with Gasteiger partial charge in [0.25, 0.3) is 0 Å². The Morgan fingerprint density at radius 1 is 1.36 bits per heavy atom. The minimum Gasteiger partial charge on any atom is -0.394 e. The van der Waals surface area contributed by atoms with Crippen molar-refractivity contribution in [2.45, 2.75) is 57.1 Å². The van der Waals surface area contributed by atoms with Crippen LogP contribution in [-0.2, 0) is 16.1 Å². The van der Waals surface area contributed by atoms with Crippen molar-refractivity contribution in [2.24, 2.45) is 5.73 Å². The van der Waals surface area contributed by atoms with Gasteiger partial charge >= 0.3 is 0 Å². The third-order valence-electron chi connectivity index (χ3n) is 4.80. The molecule has 1 aliphatic heterocycles. The highest BCUT2D eigenvalue weighted by molar-refractivity contribution is 5.82. The molecular weight excluding hydrogens is 366 g/mol. The number of rotatable bonds is 9. The number of hydrogen-bond donors (Lipinski definition) is 5. The number of ether oxygens (including phenoxy) is 1. The number of amides is 1. The second kappa shape index (κ2) is 9.24. The van der Waals surface area contributed by atoms with Gasteiger partial charge in [0.05, 0.1) is 19.3 Å². The van der Waals surface area contributed by atoms with Crippen LogP contribution < -0.4 is 16.8 Å². The molecule has 1 fully saturated rings. The second-order valence-corrected chi connectivity index (χ2v) is 6.82. The maximum absolute atomic E-state index is 12.1. The first-order chi connectivity index (χ1) is 13.5. The van der Waals surface area contributed by atoms with Crippen LogP contribution in [0.3, 0.4) is 0 Å². The molecule has 11 nitrogen and oxygen atoms in total. The minimum absolute atomic E-state index is 0.0877. The topological polar surface area (TPSA) is 174 Å². The Morgan fingerprint density at radius 3 is 2.89 bits per heavy atom. The molecule has 0 spiro atoms. The SMILES string of the molecule is NCCCCCC(=O)NCc1nc2c(N)ncnc2n1[C@H]1C[C@H](O)[C@@H](CO)O1. The third kappa shape index (κ3) is 4.38. The molecular formula is C17H27N7O4. The van der Waals surface area contributed by atoms with Crippen LogP contribution in [0.2, 0.25) is 0 Å². The lowest BCUT2D eigenvalue weighted by atomic mass is 10.2. The molecule has 0 radical (unpaired) electrons. The van der Waals surface area contributed by atoms with Crippen LogP contribution >= 0.6 is 0 Å². The summed E-state index contributed by atoms with van der Waals surface area (Å²) in [6, 6.07) is 0. The number of carbonyl (C=O) groups is 1. The van der Waals surface area contributed by atoms with Gasteiger partial charge in [-0.3, -0.25) is 9.36 Å². The maximum Gasteiger partial charge on any atom is 0.220 e. The van der Waals surface area contributed by atoms with Crippen LogP contribution in [0.4, 0.5) is 5.82 Å². The first-order valence-electron chi connectivity index (χ1n) is 9.43. The number of aliphatic hydroxyl groups excluding tert-OH is 2. The van der Waals surface area contributed by atoms with E-state index in [-0.39, 0.29) is 31.3 Å². The molecule has 3 atom stereocenters. The highest BCUT2D eigenvalue weighted by Crippen LogP contribution is 2.32. The maximum atomic E-state index is 12.1. The Hall–Kier alpha value is -2.34. The summed E-state index contributed by atoms with van der Waals surface area (Å²) in [7, 11) is 0. The van der Waals surface area contributed by atoms with Crippen molar-refractivity contribution in [2.75, 3.05) is 18.9 Å². The van der Waals surface area contributed by atoms with Crippen molar-refractivity contribution in [3.63, 3.8) is 0 Å². The molecule has 1 amide bonds. The van der Waals surface area contributed by atoms with E-state index < -0.39 is 18.4 Å². The first-order valence-corrected chi connectivity index (χ1v) is 9.43. The lowest BCUT2D eigenvalue weighted by molar-refractivity contribution is -0.121. The lowest BCUT2D eigenvalue weighted by Crippen LogP contribution is -2.26. The molecule has 0 unspecified atom stereocenters. The Balaban J connectivity index is 1.78. The van der Waals surface area contributed by atoms with Crippen molar-refractivity contribution in [3.05, 3.63) is 12.2 Å². The molecule has 0 aromatic carbocycles. The molecule has 154 valence electrons. The van der Waals surface area contributed by atoms with Crippen LogP contribution in [0.5, 0.6) is 0 Å². The molecule has 3 heterocycles. The predicted octanol–water partition coefficient (Wildman–Crippen LogP) is -0.815. The summed E-state index contributed by atoms with van der Waals surface area (Å²) >= 11 is 0. The smallest absolute Gasteiger partial charge is 0.220 e. The van der Waals surface area contributed by atoms with Gasteiger partial charge in [0.15, 0.2) is 17.0 Å². The number of fused-ring (bicyclic) bond motifs is 1. The molecule has 1 aliphatic rings. The summed E-state index contributed by atoms with van der Waals surface area (Å²) in [6.07, 6.45) is 2.50. The fourth-order valence-electron chi connectivity index (χ4n) is 3.31. The number of anilines is 1. The molecule has 0 saturated carbocycles. The number of hydrogen-bond acceptors (Lipinski definition) is 9. The summed E-state index contributed by atoms with van der Waals surface area (Å²) in [5, 5.41) is 22.3. The van der Waals surface area contributed by atoms with Gasteiger partial charge in [0.2, 0.25) is 5.91 Å². The molecule has 7 N–H and O–H groups in total. The average molecular weight is 393 g/mol. The van der Waals surface area contributed by atoms with E-state index in [0.717, 1.165) is 19.3 Å². The Morgan fingerprint density at radius 2 is 2.18 bits per heavy atom. The number of aliphatic hydroxyl groups is 2. The third-order valence-corrected chi connectivity index (χ3v) is 4.80. The largest absolute Gasteiger partial charge is 0.394 e. The summed E-state index contributed by atoms with van der Waals surface area (Å²) in [5.41, 5.74) is 12.2. The summed E-state index contributed by atoms with van der Waals surface area (Å²) in [6.45, 7) is 0.484. The number of imidazole rings is 1. The molecule has 0 bridgehead atoms. The van der Waals surface area contributed by atoms with Crippen molar-refractivity contribution >= 4 is 22.9 Å². The minimum atomic E-state index is -0.809. The van der Waals surface area contributed by atoms with Gasteiger partial charge in [-0.2, -0.15) is 0 Å². The Kier molecular flexibility index (Phi) is 6.73. The Bertz CT molecular complexity index is 812. The summed E-state index contributed by atoms with van der Waals surface area (Å²) in [4.78, 5) is 24.8. The lowest BCUT2D eigenvalue weighted by Gasteiger charge is -2.17. The zero-order valence-corrected chi connectivity index (χ0v) is 15.6. The molecule has 0 aliphatic carbocycles. The molecule has 2 aromatic rings.